The Bertz CT molecular complexity index is 373. The summed E-state index contributed by atoms with van der Waals surface area (Å²) in [7, 11) is 1.69. The van der Waals surface area contributed by atoms with E-state index in [0.29, 0.717) is 22.6 Å². The maximum atomic E-state index is 10.7. The Morgan fingerprint density at radius 3 is 2.79 bits per heavy atom. The van der Waals surface area contributed by atoms with Crippen molar-refractivity contribution in [2.24, 2.45) is 7.05 Å². The predicted octanol–water partition coefficient (Wildman–Crippen LogP) is 1.11. The molecule has 0 saturated heterocycles. The molecule has 0 aromatic carbocycles. The van der Waals surface area contributed by atoms with E-state index in [0.717, 1.165) is 12.0 Å². The van der Waals surface area contributed by atoms with Crippen molar-refractivity contribution in [3.8, 4) is 0 Å². The van der Waals surface area contributed by atoms with E-state index < -0.39 is 5.97 Å². The van der Waals surface area contributed by atoms with E-state index in [4.69, 9.17) is 4.18 Å². The average molecular weight is 214 g/mol. The first-order valence-electron chi connectivity index (χ1n) is 3.90. The van der Waals surface area contributed by atoms with Gasteiger partial charge in [-0.15, -0.1) is 0 Å². The van der Waals surface area contributed by atoms with E-state index in [9.17, 15) is 9.59 Å². The number of nitrogens with zero attached hydrogens (tertiary/aromatic N) is 2. The van der Waals surface area contributed by atoms with Crippen molar-refractivity contribution in [1.82, 2.24) is 9.78 Å². The lowest BCUT2D eigenvalue weighted by Gasteiger charge is -2.00. The van der Waals surface area contributed by atoms with E-state index in [1.165, 1.54) is 11.6 Å². The minimum absolute atomic E-state index is 0.411. The largest absolute Gasteiger partial charge is 0.385 e. The van der Waals surface area contributed by atoms with Gasteiger partial charge in [0.25, 0.3) is 0 Å². The Morgan fingerprint density at radius 1 is 1.64 bits per heavy atom. The summed E-state index contributed by atoms with van der Waals surface area (Å²) in [6.07, 6.45) is 0.703. The highest BCUT2D eigenvalue weighted by molar-refractivity contribution is 7.95. The SMILES string of the molecule is CC(=O)OSc1c(C=O)c(C)nn1C. The molecule has 0 N–H and O–H groups in total. The third kappa shape index (κ3) is 2.14. The van der Waals surface area contributed by atoms with Crippen LogP contribution in [-0.4, -0.2) is 22.0 Å². The molecule has 1 heterocycles. The second-order valence-electron chi connectivity index (χ2n) is 2.70. The summed E-state index contributed by atoms with van der Waals surface area (Å²) in [6, 6.07) is 0. The fourth-order valence-electron chi connectivity index (χ4n) is 0.986. The van der Waals surface area contributed by atoms with Crippen molar-refractivity contribution in [3.63, 3.8) is 0 Å². The van der Waals surface area contributed by atoms with Gasteiger partial charge in [0.05, 0.1) is 11.3 Å². The van der Waals surface area contributed by atoms with Gasteiger partial charge in [-0.25, -0.2) is 0 Å². The van der Waals surface area contributed by atoms with Crippen LogP contribution in [-0.2, 0) is 16.0 Å². The molecule has 0 spiro atoms. The van der Waals surface area contributed by atoms with Crippen molar-refractivity contribution in [2.75, 3.05) is 0 Å². The first-order valence-corrected chi connectivity index (χ1v) is 4.64. The number of hydrogen-bond donors (Lipinski definition) is 0. The van der Waals surface area contributed by atoms with Crippen LogP contribution in [0.3, 0.4) is 0 Å². The molecule has 1 rings (SSSR count). The van der Waals surface area contributed by atoms with Crippen LogP contribution in [0.2, 0.25) is 0 Å². The molecule has 0 fully saturated rings. The predicted molar refractivity (Wildman–Crippen MR) is 51.0 cm³/mol. The topological polar surface area (TPSA) is 61.2 Å². The quantitative estimate of drug-likeness (QED) is 0.557. The highest BCUT2D eigenvalue weighted by Gasteiger charge is 2.14. The van der Waals surface area contributed by atoms with Crippen LogP contribution in [0.25, 0.3) is 0 Å². The molecule has 0 bridgehead atoms. The summed E-state index contributed by atoms with van der Waals surface area (Å²) in [5.74, 6) is -0.411. The zero-order valence-electron chi connectivity index (χ0n) is 8.10. The molecule has 6 heteroatoms. The number of hydrogen-bond acceptors (Lipinski definition) is 5. The summed E-state index contributed by atoms with van der Waals surface area (Å²) in [5, 5.41) is 4.57. The van der Waals surface area contributed by atoms with Gasteiger partial charge >= 0.3 is 5.97 Å². The molecule has 0 aliphatic rings. The van der Waals surface area contributed by atoms with Crippen LogP contribution in [0, 0.1) is 6.92 Å². The van der Waals surface area contributed by atoms with Crippen molar-refractivity contribution < 1.29 is 13.8 Å². The Labute approximate surface area is 85.6 Å². The Kier molecular flexibility index (Phi) is 3.29. The maximum Gasteiger partial charge on any atom is 0.315 e. The smallest absolute Gasteiger partial charge is 0.315 e. The standard InChI is InChI=1S/C8H10N2O3S/c1-5-7(4-11)8(10(3)9-5)14-13-6(2)12/h4H,1-3H3. The van der Waals surface area contributed by atoms with Crippen molar-refractivity contribution >= 4 is 24.3 Å². The molecule has 0 aliphatic heterocycles. The third-order valence-electron chi connectivity index (χ3n) is 1.57. The van der Waals surface area contributed by atoms with Crippen LogP contribution >= 0.6 is 12.0 Å². The molecule has 0 saturated carbocycles. The Balaban J connectivity index is 2.94. The minimum Gasteiger partial charge on any atom is -0.385 e. The van der Waals surface area contributed by atoms with Crippen LogP contribution in [0.4, 0.5) is 0 Å². The van der Waals surface area contributed by atoms with E-state index in [1.807, 2.05) is 0 Å². The van der Waals surface area contributed by atoms with Gasteiger partial charge in [0, 0.05) is 14.0 Å². The number of rotatable bonds is 3. The lowest BCUT2D eigenvalue weighted by Crippen LogP contribution is -1.96. The molecule has 1 aromatic heterocycles. The second kappa shape index (κ2) is 4.28. The molecule has 0 radical (unpaired) electrons. The fourth-order valence-corrected chi connectivity index (χ4v) is 1.62. The summed E-state index contributed by atoms with van der Waals surface area (Å²) < 4.78 is 6.23. The molecule has 76 valence electrons. The van der Waals surface area contributed by atoms with Gasteiger partial charge in [-0.05, 0) is 6.92 Å². The van der Waals surface area contributed by atoms with E-state index in [-0.39, 0.29) is 0 Å². The highest BCUT2D eigenvalue weighted by Crippen LogP contribution is 2.24. The van der Waals surface area contributed by atoms with Crippen molar-refractivity contribution in [1.29, 1.82) is 0 Å². The zero-order chi connectivity index (χ0) is 10.7. The van der Waals surface area contributed by atoms with Crippen LogP contribution in [0.1, 0.15) is 23.0 Å². The van der Waals surface area contributed by atoms with Crippen LogP contribution in [0.15, 0.2) is 5.03 Å². The van der Waals surface area contributed by atoms with E-state index in [1.54, 1.807) is 14.0 Å². The molecule has 5 nitrogen and oxygen atoms in total. The number of carbonyl (C=O) groups is 2. The molecule has 0 atom stereocenters. The number of aryl methyl sites for hydroxylation is 2. The van der Waals surface area contributed by atoms with E-state index in [2.05, 4.69) is 5.10 Å². The zero-order valence-corrected chi connectivity index (χ0v) is 8.92. The highest BCUT2D eigenvalue weighted by atomic mass is 32.2. The number of aromatic nitrogens is 2. The summed E-state index contributed by atoms with van der Waals surface area (Å²) >= 11 is 0.847. The molecule has 14 heavy (non-hydrogen) atoms. The molecular formula is C8H10N2O3S. The lowest BCUT2D eigenvalue weighted by atomic mass is 10.3. The van der Waals surface area contributed by atoms with Gasteiger partial charge in [-0.1, -0.05) is 0 Å². The molecule has 1 aromatic rings. The van der Waals surface area contributed by atoms with E-state index >= 15 is 0 Å². The van der Waals surface area contributed by atoms with Gasteiger partial charge in [0.2, 0.25) is 0 Å². The number of aldehydes is 1. The lowest BCUT2D eigenvalue weighted by molar-refractivity contribution is -0.130. The van der Waals surface area contributed by atoms with Crippen molar-refractivity contribution in [3.05, 3.63) is 11.3 Å². The summed E-state index contributed by atoms with van der Waals surface area (Å²) in [4.78, 5) is 21.3. The fraction of sp³-hybridized carbons (Fsp3) is 0.375. The van der Waals surface area contributed by atoms with Crippen LogP contribution < -0.4 is 0 Å². The summed E-state index contributed by atoms with van der Waals surface area (Å²) in [6.45, 7) is 3.03. The Hall–Kier alpha value is -1.30. The first kappa shape index (κ1) is 10.8. The third-order valence-corrected chi connectivity index (χ3v) is 2.53. The maximum absolute atomic E-state index is 10.7. The molecular weight excluding hydrogens is 204 g/mol. The monoisotopic (exact) mass is 214 g/mol. The molecule has 0 amide bonds. The average Bonchev–Trinajstić information content (AvgIpc) is 2.36. The van der Waals surface area contributed by atoms with Crippen LogP contribution in [0.5, 0.6) is 0 Å². The van der Waals surface area contributed by atoms with Gasteiger partial charge in [0.1, 0.15) is 17.1 Å². The molecule has 0 aliphatic carbocycles. The van der Waals surface area contributed by atoms with Crippen molar-refractivity contribution in [2.45, 2.75) is 18.9 Å². The molecule has 0 unspecified atom stereocenters. The Morgan fingerprint density at radius 2 is 2.29 bits per heavy atom. The second-order valence-corrected chi connectivity index (χ2v) is 3.42. The van der Waals surface area contributed by atoms with Gasteiger partial charge in [0.15, 0.2) is 6.29 Å². The van der Waals surface area contributed by atoms with Gasteiger partial charge in [-0.2, -0.15) is 5.10 Å². The minimum atomic E-state index is -0.411. The van der Waals surface area contributed by atoms with Gasteiger partial charge in [-0.3, -0.25) is 14.3 Å². The normalized spacial score (nSPS) is 9.93. The van der Waals surface area contributed by atoms with Gasteiger partial charge < -0.3 is 4.18 Å². The first-order chi connectivity index (χ1) is 6.56. The number of carbonyl (C=O) groups excluding carboxylic acids is 2. The summed E-state index contributed by atoms with van der Waals surface area (Å²) in [5.41, 5.74) is 1.08.